The zero-order chi connectivity index (χ0) is 20.7. The van der Waals surface area contributed by atoms with Gasteiger partial charge in [0.1, 0.15) is 0 Å². The lowest BCUT2D eigenvalue weighted by atomic mass is 9.88. The molecule has 2 saturated heterocycles. The average molecular weight is 424 g/mol. The van der Waals surface area contributed by atoms with E-state index in [0.29, 0.717) is 11.8 Å². The molecule has 158 valence electrons. The topological polar surface area (TPSA) is 53.6 Å². The molecule has 2 N–H and O–H groups in total. The zero-order valence-electron chi connectivity index (χ0n) is 17.4. The molecule has 2 aromatic carbocycles. The Bertz CT molecular complexity index is 988. The number of carbonyl (C=O) groups excluding carboxylic acids is 1. The molecule has 5 nitrogen and oxygen atoms in total. The normalized spacial score (nSPS) is 24.5. The second kappa shape index (κ2) is 7.91. The number of benzene rings is 2. The lowest BCUT2D eigenvalue weighted by Gasteiger charge is -2.36. The van der Waals surface area contributed by atoms with Crippen LogP contribution >= 0.6 is 11.9 Å². The summed E-state index contributed by atoms with van der Waals surface area (Å²) in [5, 5.41) is 5.26. The highest BCUT2D eigenvalue weighted by Crippen LogP contribution is 2.41. The fraction of sp³-hybridized carbons (Fsp3) is 0.458. The highest BCUT2D eigenvalue weighted by Gasteiger charge is 2.37. The summed E-state index contributed by atoms with van der Waals surface area (Å²) in [5.74, 6) is 1.15. The average Bonchev–Trinajstić information content (AvgIpc) is 3.31. The number of nitrogens with one attached hydrogen (secondary N) is 2. The Morgan fingerprint density at radius 2 is 2.10 bits per heavy atom. The monoisotopic (exact) mass is 423 g/mol. The minimum Gasteiger partial charge on any atom is -0.381 e. The standard InChI is InChI=1S/C24H29N3O2S/c1-3-23(28)25-19-4-5-21-17(10-19)11-20(30-26-24(2)7-8-24)12-22(21)27-9-6-16-14-29-15-18(16)13-27/h3-5,10-12,16,18,26H,1,6-9,13-15H2,2H3,(H,25,28). The highest BCUT2D eigenvalue weighted by atomic mass is 32.2. The Kier molecular flexibility index (Phi) is 5.25. The van der Waals surface area contributed by atoms with Gasteiger partial charge in [-0.2, -0.15) is 0 Å². The molecule has 1 amide bonds. The number of carbonyl (C=O) groups is 1. The lowest BCUT2D eigenvalue weighted by Crippen LogP contribution is -2.40. The molecule has 2 heterocycles. The van der Waals surface area contributed by atoms with Gasteiger partial charge in [-0.3, -0.25) is 9.52 Å². The molecular formula is C24H29N3O2S. The van der Waals surface area contributed by atoms with E-state index in [0.717, 1.165) is 37.4 Å². The second-order valence-electron chi connectivity index (χ2n) is 9.13. The molecular weight excluding hydrogens is 394 g/mol. The molecule has 0 aromatic heterocycles. The van der Waals surface area contributed by atoms with Crippen LogP contribution in [0.5, 0.6) is 0 Å². The predicted octanol–water partition coefficient (Wildman–Crippen LogP) is 4.59. The van der Waals surface area contributed by atoms with Crippen molar-refractivity contribution in [1.29, 1.82) is 0 Å². The fourth-order valence-corrected chi connectivity index (χ4v) is 5.39. The maximum Gasteiger partial charge on any atom is 0.247 e. The van der Waals surface area contributed by atoms with Gasteiger partial charge in [0.15, 0.2) is 0 Å². The minimum absolute atomic E-state index is 0.188. The van der Waals surface area contributed by atoms with Crippen LogP contribution in [-0.2, 0) is 9.53 Å². The molecule has 1 aliphatic carbocycles. The molecule has 3 aliphatic rings. The number of rotatable bonds is 6. The van der Waals surface area contributed by atoms with Crippen LogP contribution in [-0.4, -0.2) is 37.7 Å². The number of amides is 1. The third-order valence-corrected chi connectivity index (χ3v) is 7.73. The Morgan fingerprint density at radius 1 is 1.27 bits per heavy atom. The van der Waals surface area contributed by atoms with E-state index in [1.807, 2.05) is 6.07 Å². The van der Waals surface area contributed by atoms with Crippen molar-refractivity contribution in [1.82, 2.24) is 4.72 Å². The van der Waals surface area contributed by atoms with Gasteiger partial charge in [0, 0.05) is 52.8 Å². The van der Waals surface area contributed by atoms with Crippen molar-refractivity contribution >= 4 is 40.0 Å². The minimum atomic E-state index is -0.188. The van der Waals surface area contributed by atoms with E-state index in [9.17, 15) is 4.79 Å². The third-order valence-electron chi connectivity index (χ3n) is 6.67. The Labute approximate surface area is 182 Å². The lowest BCUT2D eigenvalue weighted by molar-refractivity contribution is -0.111. The largest absolute Gasteiger partial charge is 0.381 e. The summed E-state index contributed by atoms with van der Waals surface area (Å²) in [7, 11) is 0. The van der Waals surface area contributed by atoms with Gasteiger partial charge in [-0.05, 0) is 79.8 Å². The maximum atomic E-state index is 11.8. The van der Waals surface area contributed by atoms with Gasteiger partial charge in [-0.25, -0.2) is 0 Å². The molecule has 0 radical (unpaired) electrons. The number of piperidine rings is 1. The molecule has 2 aliphatic heterocycles. The van der Waals surface area contributed by atoms with Crippen molar-refractivity contribution in [3.8, 4) is 0 Å². The zero-order valence-corrected chi connectivity index (χ0v) is 18.3. The molecule has 0 bridgehead atoms. The van der Waals surface area contributed by atoms with Crippen LogP contribution in [0.25, 0.3) is 10.8 Å². The van der Waals surface area contributed by atoms with Crippen LogP contribution in [0, 0.1) is 11.8 Å². The van der Waals surface area contributed by atoms with Gasteiger partial charge >= 0.3 is 0 Å². The summed E-state index contributed by atoms with van der Waals surface area (Å²) in [5.41, 5.74) is 2.34. The molecule has 6 heteroatoms. The summed E-state index contributed by atoms with van der Waals surface area (Å²) in [6, 6.07) is 10.7. The van der Waals surface area contributed by atoms with Gasteiger partial charge in [0.2, 0.25) is 5.91 Å². The first-order valence-corrected chi connectivity index (χ1v) is 11.6. The number of fused-ring (bicyclic) bond motifs is 2. The van der Waals surface area contributed by atoms with Crippen LogP contribution in [0.4, 0.5) is 11.4 Å². The molecule has 0 spiro atoms. The van der Waals surface area contributed by atoms with E-state index < -0.39 is 0 Å². The number of hydrogen-bond acceptors (Lipinski definition) is 5. The first-order chi connectivity index (χ1) is 14.5. The highest BCUT2D eigenvalue weighted by molar-refractivity contribution is 7.97. The van der Waals surface area contributed by atoms with Crippen molar-refractivity contribution in [2.24, 2.45) is 11.8 Å². The van der Waals surface area contributed by atoms with Crippen LogP contribution in [0.2, 0.25) is 0 Å². The van der Waals surface area contributed by atoms with E-state index in [1.54, 1.807) is 11.9 Å². The Hall–Kier alpha value is -2.02. The van der Waals surface area contributed by atoms with Gasteiger partial charge in [0.25, 0.3) is 0 Å². The number of anilines is 2. The van der Waals surface area contributed by atoms with E-state index in [4.69, 9.17) is 4.74 Å². The quantitative estimate of drug-likeness (QED) is 0.526. The predicted molar refractivity (Wildman–Crippen MR) is 124 cm³/mol. The van der Waals surface area contributed by atoms with Crippen molar-refractivity contribution in [3.05, 3.63) is 43.0 Å². The van der Waals surface area contributed by atoms with Gasteiger partial charge in [0.05, 0.1) is 6.61 Å². The SMILES string of the molecule is C=CC(=O)Nc1ccc2c(N3CCC4COCC4C3)cc(SNC3(C)CC3)cc2c1. The smallest absolute Gasteiger partial charge is 0.247 e. The van der Waals surface area contributed by atoms with Crippen LogP contribution in [0.3, 0.4) is 0 Å². The maximum absolute atomic E-state index is 11.8. The summed E-state index contributed by atoms with van der Waals surface area (Å²) < 4.78 is 9.38. The summed E-state index contributed by atoms with van der Waals surface area (Å²) >= 11 is 1.72. The van der Waals surface area contributed by atoms with E-state index in [2.05, 4.69) is 52.7 Å². The molecule has 1 saturated carbocycles. The van der Waals surface area contributed by atoms with E-state index >= 15 is 0 Å². The third kappa shape index (κ3) is 4.09. The van der Waals surface area contributed by atoms with Gasteiger partial charge in [-0.1, -0.05) is 12.6 Å². The summed E-state index contributed by atoms with van der Waals surface area (Å²) in [6.45, 7) is 9.73. The Morgan fingerprint density at radius 3 is 2.90 bits per heavy atom. The van der Waals surface area contributed by atoms with E-state index in [1.165, 1.54) is 41.3 Å². The van der Waals surface area contributed by atoms with Crippen molar-refractivity contribution in [3.63, 3.8) is 0 Å². The van der Waals surface area contributed by atoms with Crippen molar-refractivity contribution in [2.45, 2.75) is 36.6 Å². The first-order valence-electron chi connectivity index (χ1n) is 10.8. The summed E-state index contributed by atoms with van der Waals surface area (Å²) in [6.07, 6.45) is 4.95. The van der Waals surface area contributed by atoms with Crippen LogP contribution in [0.1, 0.15) is 26.2 Å². The fourth-order valence-electron chi connectivity index (χ4n) is 4.46. The van der Waals surface area contributed by atoms with E-state index in [-0.39, 0.29) is 11.4 Å². The van der Waals surface area contributed by atoms with Crippen molar-refractivity contribution < 1.29 is 9.53 Å². The summed E-state index contributed by atoms with van der Waals surface area (Å²) in [4.78, 5) is 15.5. The first kappa shape index (κ1) is 19.9. The van der Waals surface area contributed by atoms with Crippen LogP contribution < -0.4 is 14.9 Å². The molecule has 2 aromatic rings. The molecule has 3 fully saturated rings. The molecule has 30 heavy (non-hydrogen) atoms. The van der Waals surface area contributed by atoms with Gasteiger partial charge < -0.3 is 15.0 Å². The molecule has 5 rings (SSSR count). The number of ether oxygens (including phenoxy) is 1. The second-order valence-corrected chi connectivity index (χ2v) is 10.0. The molecule has 2 unspecified atom stereocenters. The Balaban J connectivity index is 1.49. The van der Waals surface area contributed by atoms with Crippen molar-refractivity contribution in [2.75, 3.05) is 36.5 Å². The van der Waals surface area contributed by atoms with Gasteiger partial charge in [-0.15, -0.1) is 0 Å². The molecule has 2 atom stereocenters. The number of nitrogens with zero attached hydrogens (tertiary/aromatic N) is 1. The number of hydrogen-bond donors (Lipinski definition) is 2. The van der Waals surface area contributed by atoms with Crippen LogP contribution in [0.15, 0.2) is 47.9 Å².